The van der Waals surface area contributed by atoms with Gasteiger partial charge in [0.1, 0.15) is 0 Å². The number of urea groups is 1. The Morgan fingerprint density at radius 1 is 1.15 bits per heavy atom. The van der Waals surface area contributed by atoms with Gasteiger partial charge in [0.25, 0.3) is 11.6 Å². The number of aliphatic hydroxyl groups is 1. The fourth-order valence-electron chi connectivity index (χ4n) is 3.25. The lowest BCUT2D eigenvalue weighted by Crippen LogP contribution is -2.62. The van der Waals surface area contributed by atoms with E-state index < -0.39 is 17.7 Å². The van der Waals surface area contributed by atoms with Crippen LogP contribution >= 0.6 is 0 Å². The maximum Gasteiger partial charge on any atom is 0.329 e. The second kappa shape index (κ2) is 7.80. The molecule has 0 fully saturated rings. The molecule has 3 N–H and O–H groups in total. The van der Waals surface area contributed by atoms with Gasteiger partial charge in [-0.2, -0.15) is 0 Å². The van der Waals surface area contributed by atoms with E-state index >= 15 is 0 Å². The maximum absolute atomic E-state index is 13.0. The van der Waals surface area contributed by atoms with Crippen molar-refractivity contribution in [2.75, 3.05) is 16.8 Å². The maximum atomic E-state index is 13.0. The van der Waals surface area contributed by atoms with Crippen molar-refractivity contribution in [1.29, 1.82) is 0 Å². The Kier molecular flexibility index (Phi) is 5.46. The number of nitrogens with zero attached hydrogens (tertiary/aromatic N) is 1. The Hall–Kier alpha value is -2.86. The first-order chi connectivity index (χ1) is 13.0. The quantitative estimate of drug-likeness (QED) is 0.685. The minimum atomic E-state index is -2.12. The van der Waals surface area contributed by atoms with Gasteiger partial charge in [-0.25, -0.2) is 4.79 Å². The molecule has 1 aliphatic rings. The van der Waals surface area contributed by atoms with Gasteiger partial charge in [0.2, 0.25) is 0 Å². The second-order valence-corrected chi connectivity index (χ2v) is 6.61. The van der Waals surface area contributed by atoms with Gasteiger partial charge < -0.3 is 15.7 Å². The van der Waals surface area contributed by atoms with Crippen LogP contribution < -0.4 is 15.5 Å². The smallest absolute Gasteiger partial charge is 0.329 e. The molecule has 2 aromatic rings. The van der Waals surface area contributed by atoms with Crippen LogP contribution in [-0.4, -0.2) is 23.6 Å². The Morgan fingerprint density at radius 3 is 2.52 bits per heavy atom. The Labute approximate surface area is 159 Å². The SMILES string of the molecule is CCCCNC(=O)[C@@]1(O)c2ccccc2NC(=O)N1c1ccc(CC)cc1. The number of hydrogen-bond acceptors (Lipinski definition) is 3. The van der Waals surface area contributed by atoms with Crippen molar-refractivity contribution in [3.05, 3.63) is 59.7 Å². The molecule has 0 bridgehead atoms. The molecule has 6 heteroatoms. The van der Waals surface area contributed by atoms with E-state index in [2.05, 4.69) is 10.6 Å². The van der Waals surface area contributed by atoms with Crippen molar-refractivity contribution in [3.63, 3.8) is 0 Å². The molecule has 0 unspecified atom stereocenters. The van der Waals surface area contributed by atoms with Crippen molar-refractivity contribution in [1.82, 2.24) is 5.32 Å². The van der Waals surface area contributed by atoms with Crippen molar-refractivity contribution in [2.45, 2.75) is 38.8 Å². The van der Waals surface area contributed by atoms with Gasteiger partial charge in [0, 0.05) is 17.8 Å². The number of unbranched alkanes of at least 4 members (excludes halogenated alkanes) is 1. The molecule has 0 aliphatic carbocycles. The zero-order valence-electron chi connectivity index (χ0n) is 15.7. The van der Waals surface area contributed by atoms with Gasteiger partial charge in [0.15, 0.2) is 0 Å². The van der Waals surface area contributed by atoms with Crippen LogP contribution in [0.1, 0.15) is 37.8 Å². The van der Waals surface area contributed by atoms with Crippen LogP contribution in [0.25, 0.3) is 0 Å². The zero-order valence-corrected chi connectivity index (χ0v) is 15.7. The van der Waals surface area contributed by atoms with Crippen LogP contribution in [0.5, 0.6) is 0 Å². The number of aryl methyl sites for hydroxylation is 1. The van der Waals surface area contributed by atoms with E-state index in [0.717, 1.165) is 29.7 Å². The molecule has 2 aromatic carbocycles. The van der Waals surface area contributed by atoms with Gasteiger partial charge in [-0.1, -0.05) is 50.6 Å². The summed E-state index contributed by atoms with van der Waals surface area (Å²) in [5, 5.41) is 17.1. The summed E-state index contributed by atoms with van der Waals surface area (Å²) >= 11 is 0. The Balaban J connectivity index is 2.08. The molecule has 0 aromatic heterocycles. The van der Waals surface area contributed by atoms with Gasteiger partial charge in [-0.05, 0) is 36.6 Å². The van der Waals surface area contributed by atoms with E-state index in [4.69, 9.17) is 0 Å². The van der Waals surface area contributed by atoms with E-state index in [9.17, 15) is 14.7 Å². The molecule has 1 heterocycles. The average Bonchev–Trinajstić information content (AvgIpc) is 2.68. The summed E-state index contributed by atoms with van der Waals surface area (Å²) in [6.07, 6.45) is 2.57. The van der Waals surface area contributed by atoms with Crippen molar-refractivity contribution in [3.8, 4) is 0 Å². The number of para-hydroxylation sites is 1. The molecular weight excluding hydrogens is 342 g/mol. The number of amides is 3. The molecule has 27 heavy (non-hydrogen) atoms. The molecule has 142 valence electrons. The first kappa shape index (κ1) is 18.9. The number of anilines is 2. The van der Waals surface area contributed by atoms with E-state index in [0.29, 0.717) is 23.5 Å². The minimum absolute atomic E-state index is 0.346. The monoisotopic (exact) mass is 367 g/mol. The summed E-state index contributed by atoms with van der Waals surface area (Å²) in [6.45, 7) is 4.49. The number of benzene rings is 2. The molecular formula is C21H25N3O3. The number of fused-ring (bicyclic) bond motifs is 1. The van der Waals surface area contributed by atoms with Crippen LogP contribution in [0, 0.1) is 0 Å². The van der Waals surface area contributed by atoms with Gasteiger partial charge in [-0.15, -0.1) is 0 Å². The van der Waals surface area contributed by atoms with Gasteiger partial charge in [-0.3, -0.25) is 9.69 Å². The van der Waals surface area contributed by atoms with Gasteiger partial charge in [0.05, 0.1) is 5.69 Å². The van der Waals surface area contributed by atoms with E-state index in [1.54, 1.807) is 36.4 Å². The highest BCUT2D eigenvalue weighted by molar-refractivity contribution is 6.11. The number of nitrogens with one attached hydrogen (secondary N) is 2. The number of carbonyl (C=O) groups excluding carboxylic acids is 2. The van der Waals surface area contributed by atoms with E-state index in [1.165, 1.54) is 0 Å². The first-order valence-electron chi connectivity index (χ1n) is 9.32. The van der Waals surface area contributed by atoms with Crippen LogP contribution in [0.3, 0.4) is 0 Å². The summed E-state index contributed by atoms with van der Waals surface area (Å²) in [6, 6.07) is 13.5. The van der Waals surface area contributed by atoms with E-state index in [1.807, 2.05) is 26.0 Å². The lowest BCUT2D eigenvalue weighted by molar-refractivity contribution is -0.140. The normalized spacial score (nSPS) is 18.6. The molecule has 0 radical (unpaired) electrons. The fraction of sp³-hybridized carbons (Fsp3) is 0.333. The van der Waals surface area contributed by atoms with Crippen LogP contribution in [0.2, 0.25) is 0 Å². The van der Waals surface area contributed by atoms with Crippen LogP contribution in [-0.2, 0) is 16.9 Å². The van der Waals surface area contributed by atoms with Crippen LogP contribution in [0.4, 0.5) is 16.2 Å². The summed E-state index contributed by atoms with van der Waals surface area (Å²) in [7, 11) is 0. The van der Waals surface area contributed by atoms with Crippen molar-refractivity contribution in [2.24, 2.45) is 0 Å². The molecule has 0 spiro atoms. The van der Waals surface area contributed by atoms with Crippen molar-refractivity contribution < 1.29 is 14.7 Å². The third-order valence-electron chi connectivity index (χ3n) is 4.81. The zero-order chi connectivity index (χ0) is 19.4. The van der Waals surface area contributed by atoms with Crippen molar-refractivity contribution >= 4 is 23.3 Å². The summed E-state index contributed by atoms with van der Waals surface area (Å²) in [5.41, 5.74) is 0.204. The Morgan fingerprint density at radius 2 is 1.85 bits per heavy atom. The largest absolute Gasteiger partial charge is 0.359 e. The molecule has 0 saturated heterocycles. The molecule has 1 atom stereocenters. The molecule has 3 rings (SSSR count). The average molecular weight is 367 g/mol. The lowest BCUT2D eigenvalue weighted by atomic mass is 9.94. The number of rotatable bonds is 6. The highest BCUT2D eigenvalue weighted by atomic mass is 16.3. The lowest BCUT2D eigenvalue weighted by Gasteiger charge is -2.42. The molecule has 3 amide bonds. The topological polar surface area (TPSA) is 81.7 Å². The minimum Gasteiger partial charge on any atom is -0.359 e. The highest BCUT2D eigenvalue weighted by Crippen LogP contribution is 2.39. The molecule has 1 aliphatic heterocycles. The van der Waals surface area contributed by atoms with E-state index in [-0.39, 0.29) is 0 Å². The highest BCUT2D eigenvalue weighted by Gasteiger charge is 2.51. The second-order valence-electron chi connectivity index (χ2n) is 6.61. The Bertz CT molecular complexity index is 835. The summed E-state index contributed by atoms with van der Waals surface area (Å²) in [5.74, 6) is -0.613. The third-order valence-corrected chi connectivity index (χ3v) is 4.81. The number of hydrogen-bond donors (Lipinski definition) is 3. The predicted octanol–water partition coefficient (Wildman–Crippen LogP) is 3.36. The van der Waals surface area contributed by atoms with Crippen LogP contribution in [0.15, 0.2) is 48.5 Å². The third kappa shape index (κ3) is 3.40. The fourth-order valence-corrected chi connectivity index (χ4v) is 3.25. The first-order valence-corrected chi connectivity index (χ1v) is 9.32. The predicted molar refractivity (Wildman–Crippen MR) is 106 cm³/mol. The molecule has 0 saturated carbocycles. The standard InChI is InChI=1S/C21H25N3O3/c1-3-5-14-22-19(25)21(27)17-8-6-7-9-18(17)23-20(26)24(21)16-12-10-15(4-2)11-13-16/h6-13,27H,3-5,14H2,1-2H3,(H,22,25)(H,23,26)/t21-/m0/s1. The summed E-state index contributed by atoms with van der Waals surface area (Å²) < 4.78 is 0. The van der Waals surface area contributed by atoms with Gasteiger partial charge >= 0.3 is 6.03 Å². The number of carbonyl (C=O) groups is 2. The summed E-state index contributed by atoms with van der Waals surface area (Å²) in [4.78, 5) is 27.0. The molecule has 6 nitrogen and oxygen atoms in total.